The third kappa shape index (κ3) is 2.02. The highest BCUT2D eigenvalue weighted by molar-refractivity contribution is 4.97. The molecule has 0 aromatic carbocycles. The Labute approximate surface area is 112 Å². The van der Waals surface area contributed by atoms with Crippen molar-refractivity contribution in [3.8, 4) is 0 Å². The van der Waals surface area contributed by atoms with Crippen molar-refractivity contribution in [1.29, 1.82) is 0 Å². The first-order valence-electron chi connectivity index (χ1n) is 8.38. The summed E-state index contributed by atoms with van der Waals surface area (Å²) in [6, 6.07) is 1.93. The molecule has 4 fully saturated rings. The van der Waals surface area contributed by atoms with Gasteiger partial charge in [0.05, 0.1) is 0 Å². The lowest BCUT2D eigenvalue weighted by atomic mass is 9.93. The van der Waals surface area contributed by atoms with Crippen LogP contribution in [0.5, 0.6) is 0 Å². The summed E-state index contributed by atoms with van der Waals surface area (Å²) in [4.78, 5) is 5.66. The van der Waals surface area contributed by atoms with Crippen LogP contribution in [0.15, 0.2) is 0 Å². The van der Waals surface area contributed by atoms with Crippen molar-refractivity contribution in [1.82, 2.24) is 9.80 Å². The number of fused-ring (bicyclic) bond motifs is 2. The van der Waals surface area contributed by atoms with Gasteiger partial charge in [0.2, 0.25) is 0 Å². The van der Waals surface area contributed by atoms with Gasteiger partial charge in [-0.15, -0.1) is 0 Å². The zero-order valence-electron chi connectivity index (χ0n) is 11.7. The zero-order valence-corrected chi connectivity index (χ0v) is 11.7. The largest absolute Gasteiger partial charge is 0.298 e. The molecule has 0 unspecified atom stereocenters. The highest BCUT2D eigenvalue weighted by Crippen LogP contribution is 2.46. The van der Waals surface area contributed by atoms with Crippen molar-refractivity contribution in [2.75, 3.05) is 26.2 Å². The number of hydrogen-bond donors (Lipinski definition) is 0. The fourth-order valence-corrected chi connectivity index (χ4v) is 5.36. The highest BCUT2D eigenvalue weighted by Gasteiger charge is 2.43. The lowest BCUT2D eigenvalue weighted by molar-refractivity contribution is 0.0517. The van der Waals surface area contributed by atoms with Crippen LogP contribution in [0, 0.1) is 11.8 Å². The number of nitrogens with zero attached hydrogens (tertiary/aromatic N) is 2. The van der Waals surface area contributed by atoms with Gasteiger partial charge >= 0.3 is 0 Å². The van der Waals surface area contributed by atoms with E-state index in [0.717, 1.165) is 23.9 Å². The third-order valence-electron chi connectivity index (χ3n) is 6.36. The van der Waals surface area contributed by atoms with Crippen molar-refractivity contribution in [2.24, 2.45) is 11.8 Å². The van der Waals surface area contributed by atoms with Crippen LogP contribution in [0.2, 0.25) is 0 Å². The van der Waals surface area contributed by atoms with E-state index in [0.29, 0.717) is 0 Å². The normalized spacial score (nSPS) is 43.0. The molecule has 102 valence electrons. The average molecular weight is 248 g/mol. The minimum Gasteiger partial charge on any atom is -0.298 e. The molecule has 3 saturated carbocycles. The molecule has 0 amide bonds. The van der Waals surface area contributed by atoms with Gasteiger partial charge in [-0.2, -0.15) is 0 Å². The van der Waals surface area contributed by atoms with Crippen molar-refractivity contribution in [2.45, 2.75) is 63.5 Å². The Bertz CT molecular complexity index is 289. The van der Waals surface area contributed by atoms with Crippen molar-refractivity contribution in [3.05, 3.63) is 0 Å². The molecule has 2 bridgehead atoms. The van der Waals surface area contributed by atoms with E-state index in [1.165, 1.54) is 64.7 Å². The van der Waals surface area contributed by atoms with E-state index in [9.17, 15) is 0 Å². The molecule has 0 N–H and O–H groups in total. The predicted octanol–water partition coefficient (Wildman–Crippen LogP) is 2.74. The van der Waals surface area contributed by atoms with E-state index in [-0.39, 0.29) is 0 Å². The monoisotopic (exact) mass is 248 g/mol. The maximum atomic E-state index is 2.86. The van der Waals surface area contributed by atoms with Gasteiger partial charge in [0.25, 0.3) is 0 Å². The molecule has 0 aromatic rings. The quantitative estimate of drug-likeness (QED) is 0.741. The van der Waals surface area contributed by atoms with Crippen LogP contribution in [0.1, 0.15) is 51.4 Å². The van der Waals surface area contributed by atoms with Crippen LogP contribution in [-0.2, 0) is 0 Å². The lowest BCUT2D eigenvalue weighted by Gasteiger charge is -2.43. The van der Waals surface area contributed by atoms with Gasteiger partial charge in [-0.3, -0.25) is 9.80 Å². The second-order valence-electron chi connectivity index (χ2n) is 7.25. The Morgan fingerprint density at radius 3 is 2.00 bits per heavy atom. The van der Waals surface area contributed by atoms with E-state index in [1.54, 1.807) is 12.8 Å². The SMILES string of the molecule is C1CCC(N2CCN([C@H]3C[C@H]4CC[C@@H]3C4)CC2)C1. The summed E-state index contributed by atoms with van der Waals surface area (Å²) in [5.41, 5.74) is 0. The van der Waals surface area contributed by atoms with Crippen molar-refractivity contribution < 1.29 is 0 Å². The van der Waals surface area contributed by atoms with Crippen LogP contribution >= 0.6 is 0 Å². The summed E-state index contributed by atoms with van der Waals surface area (Å²) >= 11 is 0. The Morgan fingerprint density at radius 1 is 0.667 bits per heavy atom. The first-order chi connectivity index (χ1) is 8.90. The van der Waals surface area contributed by atoms with E-state index in [4.69, 9.17) is 0 Å². The maximum Gasteiger partial charge on any atom is 0.0127 e. The fraction of sp³-hybridized carbons (Fsp3) is 1.00. The molecule has 3 aliphatic carbocycles. The Balaban J connectivity index is 1.32. The van der Waals surface area contributed by atoms with Gasteiger partial charge in [-0.1, -0.05) is 19.3 Å². The van der Waals surface area contributed by atoms with Crippen LogP contribution in [0.3, 0.4) is 0 Å². The standard InChI is InChI=1S/C16H28N2/c1-2-4-15(3-1)17-7-9-18(10-8-17)16-12-13-5-6-14(16)11-13/h13-16H,1-12H2/t13-,14+,16-/m0/s1. The highest BCUT2D eigenvalue weighted by atomic mass is 15.3. The van der Waals surface area contributed by atoms with E-state index in [2.05, 4.69) is 9.80 Å². The van der Waals surface area contributed by atoms with Gasteiger partial charge in [-0.25, -0.2) is 0 Å². The van der Waals surface area contributed by atoms with Gasteiger partial charge in [0.15, 0.2) is 0 Å². The molecule has 0 spiro atoms. The third-order valence-corrected chi connectivity index (χ3v) is 6.36. The van der Waals surface area contributed by atoms with E-state index < -0.39 is 0 Å². The molecule has 0 aromatic heterocycles. The lowest BCUT2D eigenvalue weighted by Crippen LogP contribution is -2.53. The second kappa shape index (κ2) is 4.79. The Hall–Kier alpha value is -0.0800. The van der Waals surface area contributed by atoms with E-state index >= 15 is 0 Å². The van der Waals surface area contributed by atoms with Crippen molar-refractivity contribution in [3.63, 3.8) is 0 Å². The molecule has 4 rings (SSSR count). The van der Waals surface area contributed by atoms with Gasteiger partial charge in [0.1, 0.15) is 0 Å². The zero-order chi connectivity index (χ0) is 11.9. The fourth-order valence-electron chi connectivity index (χ4n) is 5.36. The summed E-state index contributed by atoms with van der Waals surface area (Å²) in [6.07, 6.45) is 12.1. The first kappa shape index (κ1) is 11.7. The maximum absolute atomic E-state index is 2.86. The summed E-state index contributed by atoms with van der Waals surface area (Å²) < 4.78 is 0. The topological polar surface area (TPSA) is 6.48 Å². The molecule has 2 heteroatoms. The van der Waals surface area contributed by atoms with Crippen LogP contribution in [0.25, 0.3) is 0 Å². The molecule has 3 atom stereocenters. The van der Waals surface area contributed by atoms with Crippen LogP contribution < -0.4 is 0 Å². The molecular formula is C16H28N2. The molecule has 1 heterocycles. The summed E-state index contributed by atoms with van der Waals surface area (Å²) in [7, 11) is 0. The van der Waals surface area contributed by atoms with Crippen LogP contribution in [-0.4, -0.2) is 48.1 Å². The van der Waals surface area contributed by atoms with Gasteiger partial charge < -0.3 is 0 Å². The molecule has 1 aliphatic heterocycles. The molecule has 2 nitrogen and oxygen atoms in total. The summed E-state index contributed by atoms with van der Waals surface area (Å²) in [5, 5.41) is 0. The van der Waals surface area contributed by atoms with Crippen LogP contribution in [0.4, 0.5) is 0 Å². The summed E-state index contributed by atoms with van der Waals surface area (Å²) in [6.45, 7) is 5.45. The minimum atomic E-state index is 0.951. The molecule has 4 aliphatic rings. The summed E-state index contributed by atoms with van der Waals surface area (Å²) in [5.74, 6) is 2.18. The first-order valence-corrected chi connectivity index (χ1v) is 8.38. The molecule has 0 radical (unpaired) electrons. The van der Waals surface area contributed by atoms with Crippen molar-refractivity contribution >= 4 is 0 Å². The minimum absolute atomic E-state index is 0.951. The van der Waals surface area contributed by atoms with E-state index in [1.807, 2.05) is 0 Å². The Morgan fingerprint density at radius 2 is 1.39 bits per heavy atom. The number of rotatable bonds is 2. The van der Waals surface area contributed by atoms with Gasteiger partial charge in [0, 0.05) is 38.3 Å². The Kier molecular flexibility index (Phi) is 3.12. The second-order valence-corrected chi connectivity index (χ2v) is 7.25. The predicted molar refractivity (Wildman–Crippen MR) is 74.6 cm³/mol. The smallest absolute Gasteiger partial charge is 0.0127 e. The average Bonchev–Trinajstić information content (AvgIpc) is 3.16. The molecule has 1 saturated heterocycles. The number of piperazine rings is 1. The molecular weight excluding hydrogens is 220 g/mol. The number of hydrogen-bond acceptors (Lipinski definition) is 2. The van der Waals surface area contributed by atoms with Gasteiger partial charge in [-0.05, 0) is 43.9 Å². The molecule has 18 heavy (non-hydrogen) atoms.